The van der Waals surface area contributed by atoms with Crippen LogP contribution in [0.1, 0.15) is 37.1 Å². The third kappa shape index (κ3) is 5.70. The van der Waals surface area contributed by atoms with Gasteiger partial charge in [-0.2, -0.15) is 27.1 Å². The van der Waals surface area contributed by atoms with Crippen LogP contribution in [-0.2, 0) is 22.1 Å². The number of nitrogen functional groups attached to an aromatic ring is 1. The standard InChI is InChI=1S/C24H26F2N8OS.C2HF3O2/c1-14(35)33-13-24(25,26)19-15(33)3-2-4-17(19)36-22-21(28)31-18(11-29-22)32-9-6-23(7-10-32)12-34-16(20(23)27)5-8-30-34;3-2(4,5)1(6)7/h2-5,8,11,20H,6-7,9-10,12-13,27H2,1H3,(H2,28,31);(H,6,7)/t20-;/m1./s1. The minimum absolute atomic E-state index is 0.0124. The summed E-state index contributed by atoms with van der Waals surface area (Å²) in [6, 6.07) is 6.73. The number of nitrogens with two attached hydrogens (primary N) is 2. The molecule has 5 N–H and O–H groups in total. The van der Waals surface area contributed by atoms with Crippen molar-refractivity contribution in [1.29, 1.82) is 0 Å². The van der Waals surface area contributed by atoms with Gasteiger partial charge in [-0.3, -0.25) is 9.48 Å². The van der Waals surface area contributed by atoms with E-state index in [0.717, 1.165) is 54.8 Å². The molecule has 1 aromatic carbocycles. The van der Waals surface area contributed by atoms with E-state index in [2.05, 4.69) is 20.0 Å². The molecule has 3 aromatic rings. The number of amides is 1. The van der Waals surface area contributed by atoms with Gasteiger partial charge in [0.2, 0.25) is 5.91 Å². The Morgan fingerprint density at radius 2 is 1.81 bits per heavy atom. The summed E-state index contributed by atoms with van der Waals surface area (Å²) >= 11 is 1.04. The fourth-order valence-electron chi connectivity index (χ4n) is 5.66. The Balaban J connectivity index is 0.000000472. The lowest BCUT2D eigenvalue weighted by Gasteiger charge is -2.41. The van der Waals surface area contributed by atoms with E-state index in [1.807, 2.05) is 10.7 Å². The van der Waals surface area contributed by atoms with Crippen LogP contribution in [0.2, 0.25) is 0 Å². The second-order valence-corrected chi connectivity index (χ2v) is 11.6. The molecule has 17 heteroatoms. The second kappa shape index (κ2) is 10.9. The van der Waals surface area contributed by atoms with Crippen LogP contribution in [0.5, 0.6) is 0 Å². The van der Waals surface area contributed by atoms with Gasteiger partial charge in [0, 0.05) is 43.1 Å². The van der Waals surface area contributed by atoms with Gasteiger partial charge >= 0.3 is 12.1 Å². The highest BCUT2D eigenvalue weighted by Gasteiger charge is 2.48. The Morgan fingerprint density at radius 3 is 2.40 bits per heavy atom. The Labute approximate surface area is 246 Å². The Hall–Kier alpha value is -3.99. The van der Waals surface area contributed by atoms with Gasteiger partial charge in [0.1, 0.15) is 10.8 Å². The third-order valence-electron chi connectivity index (χ3n) is 7.87. The normalized spacial score (nSPS) is 19.9. The average Bonchev–Trinajstić information content (AvgIpc) is 3.58. The molecule has 43 heavy (non-hydrogen) atoms. The molecule has 1 fully saturated rings. The first-order chi connectivity index (χ1) is 20.1. The number of aromatic nitrogens is 4. The number of hydrogen-bond acceptors (Lipinski definition) is 9. The molecule has 230 valence electrons. The van der Waals surface area contributed by atoms with Crippen LogP contribution in [0, 0.1) is 5.41 Å². The molecule has 0 bridgehead atoms. The van der Waals surface area contributed by atoms with E-state index in [1.165, 1.54) is 13.0 Å². The smallest absolute Gasteiger partial charge is 0.475 e. The Morgan fingerprint density at radius 1 is 1.14 bits per heavy atom. The number of benzene rings is 1. The first kappa shape index (κ1) is 30.5. The van der Waals surface area contributed by atoms with Crippen LogP contribution in [0.3, 0.4) is 0 Å². The SMILES string of the molecule is CC(=O)N1CC(F)(F)c2c(Sc3ncc(N4CCC5(CC4)Cn4nccc4[C@H]5N)nc3N)cccc21.O=C(O)C(F)(F)F. The van der Waals surface area contributed by atoms with Gasteiger partial charge in [-0.25, -0.2) is 14.8 Å². The topological polar surface area (TPSA) is 156 Å². The number of rotatable bonds is 3. The number of alkyl halides is 5. The largest absolute Gasteiger partial charge is 0.490 e. The van der Waals surface area contributed by atoms with Crippen molar-refractivity contribution in [1.82, 2.24) is 19.7 Å². The monoisotopic (exact) mass is 626 g/mol. The summed E-state index contributed by atoms with van der Waals surface area (Å²) in [5, 5.41) is 11.9. The van der Waals surface area contributed by atoms with Crippen LogP contribution in [0.15, 0.2) is 46.6 Å². The van der Waals surface area contributed by atoms with Crippen LogP contribution >= 0.6 is 11.8 Å². The lowest BCUT2D eigenvalue weighted by Crippen LogP contribution is -2.45. The maximum atomic E-state index is 14.8. The molecule has 0 unspecified atom stereocenters. The highest BCUT2D eigenvalue weighted by molar-refractivity contribution is 7.99. The summed E-state index contributed by atoms with van der Waals surface area (Å²) in [6.07, 6.45) is 0.139. The van der Waals surface area contributed by atoms with Gasteiger partial charge in [-0.1, -0.05) is 17.8 Å². The molecule has 0 radical (unpaired) electrons. The minimum atomic E-state index is -5.08. The third-order valence-corrected chi connectivity index (χ3v) is 8.94. The van der Waals surface area contributed by atoms with E-state index in [4.69, 9.17) is 21.4 Å². The van der Waals surface area contributed by atoms with Crippen molar-refractivity contribution in [3.63, 3.8) is 0 Å². The fraction of sp³-hybridized carbons (Fsp3) is 0.423. The van der Waals surface area contributed by atoms with Gasteiger partial charge in [0.05, 0.1) is 35.7 Å². The zero-order chi connectivity index (χ0) is 31.3. The summed E-state index contributed by atoms with van der Waals surface area (Å²) in [4.78, 5) is 33.3. The van der Waals surface area contributed by atoms with Gasteiger partial charge in [-0.05, 0) is 31.0 Å². The highest BCUT2D eigenvalue weighted by atomic mass is 32.2. The van der Waals surface area contributed by atoms with Crippen molar-refractivity contribution in [2.24, 2.45) is 11.1 Å². The number of aliphatic carboxylic acids is 1. The zero-order valence-electron chi connectivity index (χ0n) is 22.7. The molecule has 3 aliphatic rings. The summed E-state index contributed by atoms with van der Waals surface area (Å²) in [7, 11) is 0. The average molecular weight is 627 g/mol. The summed E-state index contributed by atoms with van der Waals surface area (Å²) < 4.78 is 63.4. The maximum Gasteiger partial charge on any atom is 0.490 e. The zero-order valence-corrected chi connectivity index (χ0v) is 23.5. The van der Waals surface area contributed by atoms with Crippen molar-refractivity contribution in [3.8, 4) is 0 Å². The first-order valence-electron chi connectivity index (χ1n) is 13.0. The number of carboxylic acids is 1. The number of anilines is 3. The Bertz CT molecular complexity index is 1560. The van der Waals surface area contributed by atoms with Crippen LogP contribution in [-0.4, -0.2) is 62.5 Å². The van der Waals surface area contributed by atoms with Gasteiger partial charge in [-0.15, -0.1) is 0 Å². The van der Waals surface area contributed by atoms with Gasteiger partial charge in [0.15, 0.2) is 5.82 Å². The number of nitrogens with zero attached hydrogens (tertiary/aromatic N) is 6. The number of hydrogen-bond donors (Lipinski definition) is 3. The van der Waals surface area contributed by atoms with Crippen molar-refractivity contribution in [2.75, 3.05) is 35.2 Å². The van der Waals surface area contributed by atoms with Gasteiger partial charge in [0.25, 0.3) is 5.92 Å². The second-order valence-electron chi connectivity index (χ2n) is 10.5. The van der Waals surface area contributed by atoms with E-state index in [-0.39, 0.29) is 28.5 Å². The summed E-state index contributed by atoms with van der Waals surface area (Å²) in [5.41, 5.74) is 13.9. The highest BCUT2D eigenvalue weighted by Crippen LogP contribution is 2.50. The van der Waals surface area contributed by atoms with Crippen molar-refractivity contribution in [2.45, 2.75) is 54.4 Å². The fourth-order valence-corrected chi connectivity index (χ4v) is 6.62. The lowest BCUT2D eigenvalue weighted by atomic mass is 9.73. The van der Waals surface area contributed by atoms with Crippen LogP contribution in [0.25, 0.3) is 0 Å². The molecule has 2 aromatic heterocycles. The molecule has 11 nitrogen and oxygen atoms in total. The number of fused-ring (bicyclic) bond motifs is 2. The van der Waals surface area contributed by atoms with Crippen molar-refractivity contribution >= 4 is 41.0 Å². The Kier molecular flexibility index (Phi) is 7.75. The van der Waals surface area contributed by atoms with E-state index >= 15 is 0 Å². The maximum absolute atomic E-state index is 14.8. The summed E-state index contributed by atoms with van der Waals surface area (Å²) in [5.74, 6) is -5.51. The number of piperidine rings is 1. The molecule has 5 heterocycles. The molecule has 3 aliphatic heterocycles. The molecule has 1 saturated heterocycles. The molecule has 0 saturated carbocycles. The van der Waals surface area contributed by atoms with E-state index in [9.17, 15) is 26.7 Å². The number of carboxylic acid groups (broad SMARTS) is 1. The molecule has 1 atom stereocenters. The first-order valence-corrected chi connectivity index (χ1v) is 13.9. The van der Waals surface area contributed by atoms with Crippen molar-refractivity contribution < 1.29 is 36.6 Å². The summed E-state index contributed by atoms with van der Waals surface area (Å²) in [6.45, 7) is 2.96. The molecule has 6 rings (SSSR count). The predicted molar refractivity (Wildman–Crippen MR) is 146 cm³/mol. The minimum Gasteiger partial charge on any atom is -0.475 e. The van der Waals surface area contributed by atoms with Crippen LogP contribution < -0.4 is 21.3 Å². The quantitative estimate of drug-likeness (QED) is 0.366. The predicted octanol–water partition coefficient (Wildman–Crippen LogP) is 3.80. The number of halogens is 5. The lowest BCUT2D eigenvalue weighted by molar-refractivity contribution is -0.192. The van der Waals surface area contributed by atoms with E-state index < -0.39 is 30.5 Å². The number of carbonyl (C=O) groups is 2. The van der Waals surface area contributed by atoms with Gasteiger partial charge < -0.3 is 26.4 Å². The van der Waals surface area contributed by atoms with E-state index in [1.54, 1.807) is 24.5 Å². The molecule has 1 amide bonds. The molecule has 1 spiro atoms. The van der Waals surface area contributed by atoms with E-state index in [0.29, 0.717) is 15.7 Å². The molecular weight excluding hydrogens is 599 g/mol. The van der Waals surface area contributed by atoms with Crippen LogP contribution in [0.4, 0.5) is 39.3 Å². The molecule has 0 aliphatic carbocycles. The number of carbonyl (C=O) groups excluding carboxylic acids is 1. The van der Waals surface area contributed by atoms with Crippen molar-refractivity contribution in [3.05, 3.63) is 47.9 Å². The molecular formula is C26H27F5N8O3S.